The lowest BCUT2D eigenvalue weighted by molar-refractivity contribution is -0.136. The van der Waals surface area contributed by atoms with Gasteiger partial charge in [-0.15, -0.1) is 11.3 Å². The van der Waals surface area contributed by atoms with Crippen LogP contribution in [-0.2, 0) is 17.6 Å². The third kappa shape index (κ3) is 5.02. The molecule has 0 aliphatic heterocycles. The Morgan fingerprint density at radius 3 is 2.76 bits per heavy atom. The average Bonchev–Trinajstić information content (AvgIpc) is 3.15. The number of carbonyl (C=O) groups is 1. The molecule has 0 spiro atoms. The van der Waals surface area contributed by atoms with Crippen LogP contribution >= 0.6 is 11.3 Å². The maximum absolute atomic E-state index is 14.5. The Labute approximate surface area is 201 Å². The maximum Gasteiger partial charge on any atom is 0.307 e. The lowest BCUT2D eigenvalue weighted by Gasteiger charge is -2.12. The van der Waals surface area contributed by atoms with Gasteiger partial charge >= 0.3 is 5.97 Å². The largest absolute Gasteiger partial charge is 0.494 e. The van der Waals surface area contributed by atoms with Gasteiger partial charge in [-0.2, -0.15) is 0 Å². The second-order valence-corrected chi connectivity index (χ2v) is 9.22. The van der Waals surface area contributed by atoms with Crippen LogP contribution in [0.3, 0.4) is 0 Å². The predicted molar refractivity (Wildman–Crippen MR) is 133 cm³/mol. The van der Waals surface area contributed by atoms with Crippen LogP contribution in [-0.4, -0.2) is 34.2 Å². The summed E-state index contributed by atoms with van der Waals surface area (Å²) in [5, 5.41) is 13.2. The molecule has 0 saturated heterocycles. The number of aliphatic carboxylic acids is 1. The molecule has 0 bridgehead atoms. The molecule has 34 heavy (non-hydrogen) atoms. The van der Waals surface area contributed by atoms with Crippen molar-refractivity contribution in [1.29, 1.82) is 0 Å². The van der Waals surface area contributed by atoms with Gasteiger partial charge in [0.05, 0.1) is 18.7 Å². The van der Waals surface area contributed by atoms with Crippen molar-refractivity contribution in [3.8, 4) is 17.0 Å². The summed E-state index contributed by atoms with van der Waals surface area (Å²) in [6.07, 6.45) is 2.05. The van der Waals surface area contributed by atoms with E-state index >= 15 is 0 Å². The van der Waals surface area contributed by atoms with Crippen molar-refractivity contribution in [3.63, 3.8) is 0 Å². The zero-order chi connectivity index (χ0) is 24.2. The summed E-state index contributed by atoms with van der Waals surface area (Å²) >= 11 is 1.63. The van der Waals surface area contributed by atoms with Gasteiger partial charge in [-0.25, -0.2) is 14.4 Å². The number of thiophene rings is 1. The van der Waals surface area contributed by atoms with E-state index in [9.17, 15) is 9.18 Å². The van der Waals surface area contributed by atoms with Crippen LogP contribution in [0.1, 0.15) is 28.5 Å². The molecular formula is C26H26FN3O3S. The molecule has 0 unspecified atom stereocenters. The first-order chi connectivity index (χ1) is 16.4. The molecular weight excluding hydrogens is 453 g/mol. The minimum absolute atomic E-state index is 0.108. The zero-order valence-electron chi connectivity index (χ0n) is 19.3. The van der Waals surface area contributed by atoms with E-state index in [1.54, 1.807) is 23.5 Å². The number of carboxylic acids is 1. The number of hydrogen-bond donors (Lipinski definition) is 2. The SMILES string of the molecule is CCOc1cc(-c2cc(NCCc3c(C)sc4c(C)ccc(F)c34)ncn2)ccc1CC(=O)O. The summed E-state index contributed by atoms with van der Waals surface area (Å²) in [7, 11) is 0. The molecule has 6 nitrogen and oxygen atoms in total. The smallest absolute Gasteiger partial charge is 0.307 e. The number of halogens is 1. The monoisotopic (exact) mass is 479 g/mol. The topological polar surface area (TPSA) is 84.3 Å². The highest BCUT2D eigenvalue weighted by Gasteiger charge is 2.15. The Morgan fingerprint density at radius 1 is 1.18 bits per heavy atom. The van der Waals surface area contributed by atoms with E-state index in [4.69, 9.17) is 9.84 Å². The van der Waals surface area contributed by atoms with Crippen molar-refractivity contribution < 1.29 is 19.0 Å². The second kappa shape index (κ2) is 10.2. The highest BCUT2D eigenvalue weighted by Crippen LogP contribution is 2.35. The van der Waals surface area contributed by atoms with E-state index in [0.29, 0.717) is 42.4 Å². The van der Waals surface area contributed by atoms with E-state index in [1.807, 2.05) is 39.0 Å². The molecule has 0 atom stereocenters. The van der Waals surface area contributed by atoms with Crippen LogP contribution in [0.2, 0.25) is 0 Å². The van der Waals surface area contributed by atoms with Crippen molar-refractivity contribution in [3.05, 3.63) is 70.1 Å². The van der Waals surface area contributed by atoms with E-state index < -0.39 is 5.97 Å². The molecule has 0 radical (unpaired) electrons. The normalized spacial score (nSPS) is 11.1. The average molecular weight is 480 g/mol. The van der Waals surface area contributed by atoms with Gasteiger partial charge in [0.15, 0.2) is 0 Å². The quantitative estimate of drug-likeness (QED) is 0.316. The number of rotatable bonds is 9. The van der Waals surface area contributed by atoms with Crippen molar-refractivity contribution in [2.24, 2.45) is 0 Å². The molecule has 0 aliphatic rings. The first-order valence-corrected chi connectivity index (χ1v) is 11.9. The van der Waals surface area contributed by atoms with Crippen molar-refractivity contribution >= 4 is 33.2 Å². The van der Waals surface area contributed by atoms with Gasteiger partial charge in [-0.3, -0.25) is 4.79 Å². The minimum atomic E-state index is -0.911. The standard InChI is InChI=1S/C26H26FN3O3S/c1-4-33-22-11-17(6-7-18(22)12-24(31)32)21-13-23(30-14-29-21)28-10-9-19-16(3)34-26-15(2)5-8-20(27)25(19)26/h5-8,11,13-14H,4,9-10,12H2,1-3H3,(H,31,32)(H,28,29,30). The molecule has 176 valence electrons. The first kappa shape index (κ1) is 23.6. The fraction of sp³-hybridized carbons (Fsp3) is 0.269. The molecule has 2 N–H and O–H groups in total. The molecule has 2 aromatic carbocycles. The number of nitrogens with zero attached hydrogens (tertiary/aromatic N) is 2. The highest BCUT2D eigenvalue weighted by atomic mass is 32.1. The van der Waals surface area contributed by atoms with Crippen LogP contribution in [0.15, 0.2) is 42.7 Å². The fourth-order valence-corrected chi connectivity index (χ4v) is 5.19. The third-order valence-corrected chi connectivity index (χ3v) is 6.92. The number of aromatic nitrogens is 2. The number of hydrogen-bond acceptors (Lipinski definition) is 6. The summed E-state index contributed by atoms with van der Waals surface area (Å²) in [4.78, 5) is 20.9. The summed E-state index contributed by atoms with van der Waals surface area (Å²) < 4.78 is 21.2. The number of benzene rings is 2. The number of nitrogens with one attached hydrogen (secondary N) is 1. The first-order valence-electron chi connectivity index (χ1n) is 11.1. The van der Waals surface area contributed by atoms with Gasteiger partial charge in [0, 0.05) is 38.7 Å². The van der Waals surface area contributed by atoms with Crippen LogP contribution in [0.25, 0.3) is 21.3 Å². The fourth-order valence-electron chi connectivity index (χ4n) is 4.01. The number of carboxylic acid groups (broad SMARTS) is 1. The third-order valence-electron chi connectivity index (χ3n) is 5.64. The Hall–Kier alpha value is -3.52. The lowest BCUT2D eigenvalue weighted by atomic mass is 10.0. The molecule has 2 aromatic heterocycles. The summed E-state index contributed by atoms with van der Waals surface area (Å²) in [5.74, 6) is 0.102. The molecule has 2 heterocycles. The number of anilines is 1. The van der Waals surface area contributed by atoms with Gasteiger partial charge < -0.3 is 15.2 Å². The number of ether oxygens (including phenoxy) is 1. The highest BCUT2D eigenvalue weighted by molar-refractivity contribution is 7.19. The molecule has 0 fully saturated rings. The second-order valence-electron chi connectivity index (χ2n) is 8.00. The van der Waals surface area contributed by atoms with Crippen molar-refractivity contribution in [1.82, 2.24) is 9.97 Å². The molecule has 8 heteroatoms. The van der Waals surface area contributed by atoms with Crippen molar-refractivity contribution in [2.75, 3.05) is 18.5 Å². The lowest BCUT2D eigenvalue weighted by Crippen LogP contribution is -2.07. The van der Waals surface area contributed by atoms with E-state index in [2.05, 4.69) is 15.3 Å². The van der Waals surface area contributed by atoms with Gasteiger partial charge in [0.1, 0.15) is 23.7 Å². The summed E-state index contributed by atoms with van der Waals surface area (Å²) in [6.45, 7) is 6.93. The Kier molecular flexibility index (Phi) is 7.07. The van der Waals surface area contributed by atoms with E-state index in [0.717, 1.165) is 31.7 Å². The summed E-state index contributed by atoms with van der Waals surface area (Å²) in [5.41, 5.74) is 4.23. The van der Waals surface area contributed by atoms with Crippen LogP contribution in [0, 0.1) is 19.7 Å². The van der Waals surface area contributed by atoms with Gasteiger partial charge in [0.25, 0.3) is 0 Å². The van der Waals surface area contributed by atoms with Gasteiger partial charge in [-0.05, 0) is 50.5 Å². The van der Waals surface area contributed by atoms with Crippen molar-refractivity contribution in [2.45, 2.75) is 33.6 Å². The Balaban J connectivity index is 1.51. The summed E-state index contributed by atoms with van der Waals surface area (Å²) in [6, 6.07) is 10.6. The molecule has 0 aliphatic carbocycles. The van der Waals surface area contributed by atoms with Gasteiger partial charge in [-0.1, -0.05) is 18.2 Å². The molecule has 0 amide bonds. The van der Waals surface area contributed by atoms with Crippen LogP contribution in [0.4, 0.5) is 10.2 Å². The Morgan fingerprint density at radius 2 is 2.00 bits per heavy atom. The molecule has 0 saturated carbocycles. The molecule has 4 aromatic rings. The van der Waals surface area contributed by atoms with Gasteiger partial charge in [0.2, 0.25) is 0 Å². The van der Waals surface area contributed by atoms with Crippen LogP contribution < -0.4 is 10.1 Å². The zero-order valence-corrected chi connectivity index (χ0v) is 20.1. The number of fused-ring (bicyclic) bond motifs is 1. The van der Waals surface area contributed by atoms with Crippen LogP contribution in [0.5, 0.6) is 5.75 Å². The minimum Gasteiger partial charge on any atom is -0.494 e. The van der Waals surface area contributed by atoms with E-state index in [-0.39, 0.29) is 12.2 Å². The molecule has 4 rings (SSSR count). The number of aryl methyl sites for hydroxylation is 2. The maximum atomic E-state index is 14.5. The predicted octanol–water partition coefficient (Wildman–Crippen LogP) is 5.79. The van der Waals surface area contributed by atoms with E-state index in [1.165, 1.54) is 12.4 Å². The Bertz CT molecular complexity index is 1350.